The molecule has 8 heteroatoms. The number of piperazine rings is 1. The van der Waals surface area contributed by atoms with Gasteiger partial charge in [-0.1, -0.05) is 30.3 Å². The van der Waals surface area contributed by atoms with Gasteiger partial charge in [-0.2, -0.15) is 0 Å². The van der Waals surface area contributed by atoms with E-state index < -0.39 is 0 Å². The van der Waals surface area contributed by atoms with Crippen LogP contribution in [0.25, 0.3) is 0 Å². The first kappa shape index (κ1) is 22.6. The Morgan fingerprint density at radius 1 is 0.848 bits per heavy atom. The second-order valence-electron chi connectivity index (χ2n) is 7.88. The minimum absolute atomic E-state index is 0.0508. The van der Waals surface area contributed by atoms with Crippen LogP contribution in [-0.2, 0) is 22.7 Å². The molecule has 33 heavy (non-hydrogen) atoms. The van der Waals surface area contributed by atoms with Crippen LogP contribution >= 0.6 is 0 Å². The zero-order valence-corrected chi connectivity index (χ0v) is 18.4. The number of nitrogens with one attached hydrogen (secondary N) is 2. The standard InChI is InChI=1S/C25H28N4O4/c30-24(26-21-7-2-1-3-8-21)17-28-11-13-29(14-12-28)25(31)27-22-9-4-6-20(16-22)18-32-19-23-10-5-15-33-23/h1-10,15-16H,11-14,17-19H2,(H,26,30)(H,27,31). The molecule has 1 aromatic heterocycles. The number of hydrogen-bond acceptors (Lipinski definition) is 5. The van der Waals surface area contributed by atoms with E-state index in [1.165, 1.54) is 0 Å². The average molecular weight is 449 g/mol. The minimum Gasteiger partial charge on any atom is -0.467 e. The molecule has 2 heterocycles. The maximum absolute atomic E-state index is 12.7. The van der Waals surface area contributed by atoms with Gasteiger partial charge in [0.15, 0.2) is 0 Å². The maximum atomic E-state index is 12.7. The number of amides is 3. The van der Waals surface area contributed by atoms with Crippen molar-refractivity contribution in [1.82, 2.24) is 9.80 Å². The van der Waals surface area contributed by atoms with Gasteiger partial charge in [-0.3, -0.25) is 9.69 Å². The van der Waals surface area contributed by atoms with E-state index in [0.717, 1.165) is 22.7 Å². The molecule has 0 spiro atoms. The summed E-state index contributed by atoms with van der Waals surface area (Å²) in [6, 6.07) is 20.6. The number of rotatable bonds is 8. The summed E-state index contributed by atoms with van der Waals surface area (Å²) in [5.74, 6) is 0.723. The van der Waals surface area contributed by atoms with E-state index in [0.29, 0.717) is 45.9 Å². The van der Waals surface area contributed by atoms with Crippen molar-refractivity contribution in [1.29, 1.82) is 0 Å². The predicted octanol–water partition coefficient (Wildman–Crippen LogP) is 3.78. The van der Waals surface area contributed by atoms with Crippen LogP contribution in [0.5, 0.6) is 0 Å². The van der Waals surface area contributed by atoms with Crippen LogP contribution in [0.1, 0.15) is 11.3 Å². The first-order valence-electron chi connectivity index (χ1n) is 11.0. The molecule has 172 valence electrons. The molecule has 1 aliphatic rings. The summed E-state index contributed by atoms with van der Waals surface area (Å²) in [4.78, 5) is 28.8. The molecule has 0 atom stereocenters. The Kier molecular flexibility index (Phi) is 7.73. The third-order valence-corrected chi connectivity index (χ3v) is 5.36. The smallest absolute Gasteiger partial charge is 0.321 e. The zero-order chi connectivity index (χ0) is 22.9. The van der Waals surface area contributed by atoms with Crippen molar-refractivity contribution in [3.8, 4) is 0 Å². The molecule has 2 N–H and O–H groups in total. The lowest BCUT2D eigenvalue weighted by molar-refractivity contribution is -0.117. The molecule has 0 bridgehead atoms. The third-order valence-electron chi connectivity index (χ3n) is 5.36. The maximum Gasteiger partial charge on any atom is 0.321 e. The number of anilines is 2. The summed E-state index contributed by atoms with van der Waals surface area (Å²) in [7, 11) is 0. The van der Waals surface area contributed by atoms with Crippen LogP contribution in [0.2, 0.25) is 0 Å². The normalized spacial score (nSPS) is 14.1. The van der Waals surface area contributed by atoms with E-state index in [-0.39, 0.29) is 11.9 Å². The zero-order valence-electron chi connectivity index (χ0n) is 18.4. The molecule has 3 aromatic rings. The summed E-state index contributed by atoms with van der Waals surface area (Å²) in [6.07, 6.45) is 1.62. The van der Waals surface area contributed by atoms with Gasteiger partial charge in [0, 0.05) is 37.6 Å². The highest BCUT2D eigenvalue weighted by Gasteiger charge is 2.22. The Morgan fingerprint density at radius 3 is 2.39 bits per heavy atom. The fourth-order valence-electron chi connectivity index (χ4n) is 3.64. The highest BCUT2D eigenvalue weighted by molar-refractivity contribution is 5.92. The quantitative estimate of drug-likeness (QED) is 0.548. The molecule has 1 aliphatic heterocycles. The van der Waals surface area contributed by atoms with Crippen molar-refractivity contribution < 1.29 is 18.7 Å². The van der Waals surface area contributed by atoms with E-state index >= 15 is 0 Å². The molecule has 0 radical (unpaired) electrons. The Hall–Kier alpha value is -3.62. The van der Waals surface area contributed by atoms with Crippen LogP contribution in [0, 0.1) is 0 Å². The van der Waals surface area contributed by atoms with Gasteiger partial charge >= 0.3 is 6.03 Å². The van der Waals surface area contributed by atoms with Gasteiger partial charge in [0.25, 0.3) is 0 Å². The summed E-state index contributed by atoms with van der Waals surface area (Å²) >= 11 is 0. The highest BCUT2D eigenvalue weighted by atomic mass is 16.5. The number of hydrogen-bond donors (Lipinski definition) is 2. The highest BCUT2D eigenvalue weighted by Crippen LogP contribution is 2.14. The van der Waals surface area contributed by atoms with Crippen LogP contribution in [0.4, 0.5) is 16.2 Å². The molecule has 0 unspecified atom stereocenters. The second kappa shape index (κ2) is 11.3. The lowest BCUT2D eigenvalue weighted by Crippen LogP contribution is -2.51. The molecular formula is C25H28N4O4. The molecule has 4 rings (SSSR count). The van der Waals surface area contributed by atoms with Crippen LogP contribution in [-0.4, -0.2) is 54.5 Å². The summed E-state index contributed by atoms with van der Waals surface area (Å²) in [6.45, 7) is 3.56. The lowest BCUT2D eigenvalue weighted by Gasteiger charge is -2.34. The summed E-state index contributed by atoms with van der Waals surface area (Å²) < 4.78 is 10.9. The van der Waals surface area contributed by atoms with E-state index in [2.05, 4.69) is 15.5 Å². The number of para-hydroxylation sites is 1. The van der Waals surface area contributed by atoms with E-state index in [9.17, 15) is 9.59 Å². The van der Waals surface area contributed by atoms with Gasteiger partial charge in [0.1, 0.15) is 12.4 Å². The van der Waals surface area contributed by atoms with Crippen molar-refractivity contribution >= 4 is 23.3 Å². The lowest BCUT2D eigenvalue weighted by atomic mass is 10.2. The Bertz CT molecular complexity index is 1030. The largest absolute Gasteiger partial charge is 0.467 e. The van der Waals surface area contributed by atoms with E-state index in [1.54, 1.807) is 11.2 Å². The molecule has 0 aliphatic carbocycles. The number of nitrogens with zero attached hydrogens (tertiary/aromatic N) is 2. The van der Waals surface area contributed by atoms with Gasteiger partial charge in [-0.25, -0.2) is 4.79 Å². The summed E-state index contributed by atoms with van der Waals surface area (Å²) in [5.41, 5.74) is 2.48. The molecule has 2 aromatic carbocycles. The van der Waals surface area contributed by atoms with Gasteiger partial charge in [-0.15, -0.1) is 0 Å². The fourth-order valence-corrected chi connectivity index (χ4v) is 3.64. The summed E-state index contributed by atoms with van der Waals surface area (Å²) in [5, 5.41) is 5.85. The molecule has 1 saturated heterocycles. The number of carbonyl (C=O) groups excluding carboxylic acids is 2. The Balaban J connectivity index is 1.19. The topological polar surface area (TPSA) is 87.1 Å². The second-order valence-corrected chi connectivity index (χ2v) is 7.88. The van der Waals surface area contributed by atoms with Crippen LogP contribution in [0.3, 0.4) is 0 Å². The van der Waals surface area contributed by atoms with Crippen molar-refractivity contribution in [3.63, 3.8) is 0 Å². The number of urea groups is 1. The first-order valence-corrected chi connectivity index (χ1v) is 11.0. The van der Waals surface area contributed by atoms with Gasteiger partial charge in [0.2, 0.25) is 5.91 Å². The predicted molar refractivity (Wildman–Crippen MR) is 126 cm³/mol. The minimum atomic E-state index is -0.142. The number of benzene rings is 2. The van der Waals surface area contributed by atoms with Crippen molar-refractivity contribution in [2.24, 2.45) is 0 Å². The number of carbonyl (C=O) groups is 2. The molecule has 0 saturated carbocycles. The number of ether oxygens (including phenoxy) is 1. The van der Waals surface area contributed by atoms with Crippen LogP contribution < -0.4 is 10.6 Å². The molecule has 1 fully saturated rings. The van der Waals surface area contributed by atoms with Crippen molar-refractivity contribution in [2.45, 2.75) is 13.2 Å². The van der Waals surface area contributed by atoms with Gasteiger partial charge < -0.3 is 24.7 Å². The average Bonchev–Trinajstić information content (AvgIpc) is 3.34. The molecular weight excluding hydrogens is 420 g/mol. The third kappa shape index (κ3) is 6.93. The van der Waals surface area contributed by atoms with Gasteiger partial charge in [-0.05, 0) is 42.0 Å². The van der Waals surface area contributed by atoms with Crippen molar-refractivity contribution in [3.05, 3.63) is 84.3 Å². The molecule has 3 amide bonds. The monoisotopic (exact) mass is 448 g/mol. The first-order chi connectivity index (χ1) is 16.2. The van der Waals surface area contributed by atoms with Crippen molar-refractivity contribution in [2.75, 3.05) is 43.4 Å². The SMILES string of the molecule is O=C(CN1CCN(C(=O)Nc2cccc(COCc3ccco3)c2)CC1)Nc1ccccc1. The van der Waals surface area contributed by atoms with Crippen LogP contribution in [0.15, 0.2) is 77.4 Å². The fraction of sp³-hybridized carbons (Fsp3) is 0.280. The Morgan fingerprint density at radius 2 is 1.64 bits per heavy atom. The number of furan rings is 1. The molecule has 8 nitrogen and oxygen atoms in total. The van der Waals surface area contributed by atoms with E-state index in [1.807, 2.05) is 66.7 Å². The van der Waals surface area contributed by atoms with E-state index in [4.69, 9.17) is 9.15 Å². The Labute approximate surface area is 193 Å². The van der Waals surface area contributed by atoms with Gasteiger partial charge in [0.05, 0.1) is 19.4 Å².